The van der Waals surface area contributed by atoms with Crippen LogP contribution in [-0.4, -0.2) is 25.0 Å². The fourth-order valence-corrected chi connectivity index (χ4v) is 3.10. The van der Waals surface area contributed by atoms with Crippen LogP contribution in [0.4, 0.5) is 0 Å². The zero-order valence-corrected chi connectivity index (χ0v) is 14.4. The fourth-order valence-electron chi connectivity index (χ4n) is 2.62. The minimum absolute atomic E-state index is 0.239. The van der Waals surface area contributed by atoms with E-state index in [1.807, 2.05) is 6.07 Å². The lowest BCUT2D eigenvalue weighted by molar-refractivity contribution is 0.264. The first-order valence-corrected chi connectivity index (χ1v) is 8.33. The maximum absolute atomic E-state index is 6.24. The summed E-state index contributed by atoms with van der Waals surface area (Å²) in [4.78, 5) is 4.50. The molecule has 2 aromatic carbocycles. The van der Waals surface area contributed by atoms with Gasteiger partial charge in [0.25, 0.3) is 0 Å². The smallest absolute Gasteiger partial charge is 0.159 e. The van der Waals surface area contributed by atoms with E-state index in [1.165, 1.54) is 11.1 Å². The normalized spacial score (nSPS) is 15.0. The summed E-state index contributed by atoms with van der Waals surface area (Å²) in [5.74, 6) is 1.35. The molecule has 0 radical (unpaired) electrons. The summed E-state index contributed by atoms with van der Waals surface area (Å²) in [7, 11) is 0. The molecular weight excluding hydrogens is 331 g/mol. The third-order valence-electron chi connectivity index (χ3n) is 3.69. The largest absolute Gasteiger partial charge is 0.479 e. The number of ether oxygens (including phenoxy) is 1. The van der Waals surface area contributed by atoms with Crippen molar-refractivity contribution in [3.05, 3.63) is 63.6 Å². The fraction of sp³-hybridized carbons (Fsp3) is 0.278. The van der Waals surface area contributed by atoms with E-state index in [0.29, 0.717) is 22.2 Å². The van der Waals surface area contributed by atoms with Gasteiger partial charge in [0.15, 0.2) is 11.9 Å². The molecule has 23 heavy (non-hydrogen) atoms. The summed E-state index contributed by atoms with van der Waals surface area (Å²) < 4.78 is 6.15. The molecule has 5 heteroatoms. The van der Waals surface area contributed by atoms with Gasteiger partial charge in [-0.1, -0.05) is 59.1 Å². The standard InChI is InChI=1S/C18H18Cl2N2O/c1-12-4-2-5-13(10-12)11-16(18-21-8-9-22-18)23-17-14(19)6-3-7-15(17)20/h2-7,10,16H,8-9,11H2,1H3,(H,21,22). The Morgan fingerprint density at radius 1 is 1.17 bits per heavy atom. The lowest BCUT2D eigenvalue weighted by Gasteiger charge is -2.21. The van der Waals surface area contributed by atoms with E-state index in [1.54, 1.807) is 18.2 Å². The first-order valence-electron chi connectivity index (χ1n) is 7.58. The maximum Gasteiger partial charge on any atom is 0.159 e. The third kappa shape index (κ3) is 3.98. The molecule has 1 heterocycles. The van der Waals surface area contributed by atoms with Crippen LogP contribution in [0.25, 0.3) is 0 Å². The summed E-state index contributed by atoms with van der Waals surface area (Å²) in [5.41, 5.74) is 2.41. The topological polar surface area (TPSA) is 33.6 Å². The molecule has 0 amide bonds. The predicted octanol–water partition coefficient (Wildman–Crippen LogP) is 4.29. The molecule has 0 saturated heterocycles. The number of benzene rings is 2. The second kappa shape index (κ2) is 7.24. The van der Waals surface area contributed by atoms with Gasteiger partial charge in [0, 0.05) is 13.0 Å². The van der Waals surface area contributed by atoms with E-state index in [2.05, 4.69) is 35.4 Å². The number of amidine groups is 1. The SMILES string of the molecule is Cc1cccc(CC(Oc2c(Cl)cccc2Cl)C2=NCCN2)c1. The van der Waals surface area contributed by atoms with Gasteiger partial charge in [0.05, 0.1) is 16.6 Å². The molecular formula is C18H18Cl2N2O. The molecule has 1 aliphatic heterocycles. The van der Waals surface area contributed by atoms with Gasteiger partial charge in [-0.05, 0) is 24.6 Å². The predicted molar refractivity (Wildman–Crippen MR) is 96.1 cm³/mol. The number of rotatable bonds is 5. The van der Waals surface area contributed by atoms with Crippen molar-refractivity contribution < 1.29 is 4.74 Å². The van der Waals surface area contributed by atoms with Crippen LogP contribution in [0, 0.1) is 6.92 Å². The highest BCUT2D eigenvalue weighted by molar-refractivity contribution is 6.37. The first-order chi connectivity index (χ1) is 11.1. The van der Waals surface area contributed by atoms with Crippen LogP contribution in [0.2, 0.25) is 10.0 Å². The van der Waals surface area contributed by atoms with Gasteiger partial charge in [0.2, 0.25) is 0 Å². The van der Waals surface area contributed by atoms with Crippen molar-refractivity contribution in [1.29, 1.82) is 0 Å². The molecule has 0 fully saturated rings. The Kier molecular flexibility index (Phi) is 5.09. The van der Waals surface area contributed by atoms with E-state index in [-0.39, 0.29) is 6.10 Å². The van der Waals surface area contributed by atoms with Crippen LogP contribution in [0.3, 0.4) is 0 Å². The van der Waals surface area contributed by atoms with Gasteiger partial charge in [0.1, 0.15) is 5.84 Å². The molecule has 1 aliphatic rings. The van der Waals surface area contributed by atoms with Crippen LogP contribution >= 0.6 is 23.2 Å². The number of hydrogen-bond acceptors (Lipinski definition) is 3. The molecule has 0 spiro atoms. The molecule has 2 aromatic rings. The van der Waals surface area contributed by atoms with Crippen LogP contribution in [0.1, 0.15) is 11.1 Å². The van der Waals surface area contributed by atoms with E-state index in [0.717, 1.165) is 18.9 Å². The lowest BCUT2D eigenvalue weighted by atomic mass is 10.0. The molecule has 1 atom stereocenters. The summed E-state index contributed by atoms with van der Waals surface area (Å²) in [6.45, 7) is 3.67. The minimum Gasteiger partial charge on any atom is -0.479 e. The molecule has 3 nitrogen and oxygen atoms in total. The average Bonchev–Trinajstić information content (AvgIpc) is 3.04. The van der Waals surface area contributed by atoms with Gasteiger partial charge in [-0.25, -0.2) is 0 Å². The van der Waals surface area contributed by atoms with Gasteiger partial charge in [-0.15, -0.1) is 0 Å². The molecule has 1 unspecified atom stereocenters. The summed E-state index contributed by atoms with van der Waals surface area (Å²) >= 11 is 12.5. The second-order valence-corrected chi connectivity index (χ2v) is 6.36. The molecule has 0 aromatic heterocycles. The van der Waals surface area contributed by atoms with E-state index in [4.69, 9.17) is 27.9 Å². The monoisotopic (exact) mass is 348 g/mol. The molecule has 0 aliphatic carbocycles. The van der Waals surface area contributed by atoms with Crippen molar-refractivity contribution in [3.63, 3.8) is 0 Å². The number of aryl methyl sites for hydroxylation is 1. The van der Waals surface area contributed by atoms with Crippen molar-refractivity contribution in [2.75, 3.05) is 13.1 Å². The highest BCUT2D eigenvalue weighted by Gasteiger charge is 2.23. The maximum atomic E-state index is 6.24. The number of hydrogen-bond donors (Lipinski definition) is 1. The Morgan fingerprint density at radius 2 is 1.91 bits per heavy atom. The Hall–Kier alpha value is -1.71. The van der Waals surface area contributed by atoms with Gasteiger partial charge in [-0.2, -0.15) is 0 Å². The van der Waals surface area contributed by atoms with Crippen LogP contribution in [0.15, 0.2) is 47.5 Å². The van der Waals surface area contributed by atoms with Crippen molar-refractivity contribution in [2.24, 2.45) is 4.99 Å². The summed E-state index contributed by atoms with van der Waals surface area (Å²) in [5, 5.41) is 4.30. The van der Waals surface area contributed by atoms with Crippen LogP contribution < -0.4 is 10.1 Å². The van der Waals surface area contributed by atoms with Gasteiger partial charge < -0.3 is 10.1 Å². The number of para-hydroxylation sites is 1. The second-order valence-electron chi connectivity index (χ2n) is 5.54. The lowest BCUT2D eigenvalue weighted by Crippen LogP contribution is -2.37. The Morgan fingerprint density at radius 3 is 2.57 bits per heavy atom. The molecule has 120 valence electrons. The van der Waals surface area contributed by atoms with Crippen LogP contribution in [-0.2, 0) is 6.42 Å². The number of halogens is 2. The van der Waals surface area contributed by atoms with E-state index < -0.39 is 0 Å². The number of nitrogens with zero attached hydrogens (tertiary/aromatic N) is 1. The Labute approximate surface area is 146 Å². The number of nitrogens with one attached hydrogen (secondary N) is 1. The van der Waals surface area contributed by atoms with Crippen molar-refractivity contribution in [2.45, 2.75) is 19.4 Å². The van der Waals surface area contributed by atoms with Crippen molar-refractivity contribution in [3.8, 4) is 5.75 Å². The zero-order valence-electron chi connectivity index (χ0n) is 12.9. The highest BCUT2D eigenvalue weighted by atomic mass is 35.5. The van der Waals surface area contributed by atoms with Crippen LogP contribution in [0.5, 0.6) is 5.75 Å². The third-order valence-corrected chi connectivity index (χ3v) is 4.28. The summed E-state index contributed by atoms with van der Waals surface area (Å²) in [6, 6.07) is 13.7. The first kappa shape index (κ1) is 16.2. The summed E-state index contributed by atoms with van der Waals surface area (Å²) in [6.07, 6.45) is 0.464. The van der Waals surface area contributed by atoms with E-state index in [9.17, 15) is 0 Å². The molecule has 3 rings (SSSR count). The Bertz CT molecular complexity index is 710. The van der Waals surface area contributed by atoms with Crippen molar-refractivity contribution in [1.82, 2.24) is 5.32 Å². The molecule has 0 bridgehead atoms. The van der Waals surface area contributed by atoms with E-state index >= 15 is 0 Å². The minimum atomic E-state index is -0.239. The Balaban J connectivity index is 1.87. The highest BCUT2D eigenvalue weighted by Crippen LogP contribution is 2.33. The van der Waals surface area contributed by atoms with Gasteiger partial charge >= 0.3 is 0 Å². The zero-order chi connectivity index (χ0) is 16.2. The number of aliphatic imine (C=N–C) groups is 1. The van der Waals surface area contributed by atoms with Crippen molar-refractivity contribution >= 4 is 29.0 Å². The van der Waals surface area contributed by atoms with Gasteiger partial charge in [-0.3, -0.25) is 4.99 Å². The molecule has 0 saturated carbocycles. The quantitative estimate of drug-likeness (QED) is 0.874. The average molecular weight is 349 g/mol. The molecule has 1 N–H and O–H groups in total.